The molecule has 1 atom stereocenters. The van der Waals surface area contributed by atoms with Crippen LogP contribution in [0.2, 0.25) is 0 Å². The monoisotopic (exact) mass is 204 g/mol. The summed E-state index contributed by atoms with van der Waals surface area (Å²) in [4.78, 5) is 12.8. The Morgan fingerprint density at radius 3 is 2.54 bits per heavy atom. The predicted octanol–water partition coefficient (Wildman–Crippen LogP) is -0.801. The molecule has 2 amide bonds. The number of amides is 2. The van der Waals surface area contributed by atoms with Crippen LogP contribution < -0.4 is 5.32 Å². The Bertz CT molecular complexity index is 321. The molecule has 0 unspecified atom stereocenters. The van der Waals surface area contributed by atoms with E-state index in [1.807, 2.05) is 0 Å². The fraction of sp³-hybridized carbons (Fsp3) is 0.857. The van der Waals surface area contributed by atoms with Crippen LogP contribution in [0.3, 0.4) is 0 Å². The highest BCUT2D eigenvalue weighted by Gasteiger charge is 2.32. The van der Waals surface area contributed by atoms with Crippen LogP contribution in [0.25, 0.3) is 0 Å². The molecule has 1 N–H and O–H groups in total. The first-order chi connectivity index (χ1) is 6.07. The second-order valence-electron chi connectivity index (χ2n) is 3.54. The van der Waals surface area contributed by atoms with Gasteiger partial charge in [-0.15, -0.1) is 0 Å². The van der Waals surface area contributed by atoms with Crippen LogP contribution in [0.15, 0.2) is 0 Å². The lowest BCUT2D eigenvalue weighted by atomic mass is 10.3. The molecule has 2 aliphatic heterocycles. The van der Waals surface area contributed by atoms with E-state index in [1.165, 1.54) is 0 Å². The lowest BCUT2D eigenvalue weighted by molar-refractivity contribution is 0.226. The van der Waals surface area contributed by atoms with Gasteiger partial charge in [0.1, 0.15) is 0 Å². The van der Waals surface area contributed by atoms with E-state index in [9.17, 15) is 13.2 Å². The van der Waals surface area contributed by atoms with Gasteiger partial charge in [-0.1, -0.05) is 0 Å². The maximum Gasteiger partial charge on any atom is 0.317 e. The molecule has 0 radical (unpaired) electrons. The summed E-state index contributed by atoms with van der Waals surface area (Å²) >= 11 is 0. The molecule has 0 aliphatic carbocycles. The molecule has 0 aromatic rings. The van der Waals surface area contributed by atoms with Crippen molar-refractivity contribution in [3.8, 4) is 0 Å². The number of hydrogen-bond donors (Lipinski definition) is 1. The standard InChI is InChI=1S/C7H12N2O3S/c10-7(9-2-3-9)8-6-1-4-13(11,12)5-6/h6H,1-5H2,(H,8,10)/t6-/m0/s1. The summed E-state index contributed by atoms with van der Waals surface area (Å²) in [6, 6.07) is -0.291. The van der Waals surface area contributed by atoms with Crippen LogP contribution in [-0.4, -0.2) is 50.0 Å². The van der Waals surface area contributed by atoms with Gasteiger partial charge >= 0.3 is 6.03 Å². The van der Waals surface area contributed by atoms with Crippen molar-refractivity contribution in [3.05, 3.63) is 0 Å². The molecular formula is C7H12N2O3S. The largest absolute Gasteiger partial charge is 0.334 e. The molecule has 13 heavy (non-hydrogen) atoms. The number of carbonyl (C=O) groups is 1. The Kier molecular flexibility index (Phi) is 1.94. The number of nitrogens with zero attached hydrogens (tertiary/aromatic N) is 1. The number of hydrogen-bond acceptors (Lipinski definition) is 3. The topological polar surface area (TPSA) is 66.2 Å². The second-order valence-corrected chi connectivity index (χ2v) is 5.77. The normalized spacial score (nSPS) is 30.2. The highest BCUT2D eigenvalue weighted by Crippen LogP contribution is 2.12. The number of carbonyl (C=O) groups excluding carboxylic acids is 1. The molecule has 2 rings (SSSR count). The molecule has 2 heterocycles. The van der Waals surface area contributed by atoms with Crippen LogP contribution in [-0.2, 0) is 9.84 Å². The zero-order valence-electron chi connectivity index (χ0n) is 7.19. The Balaban J connectivity index is 1.86. The highest BCUT2D eigenvalue weighted by atomic mass is 32.2. The van der Waals surface area contributed by atoms with E-state index in [2.05, 4.69) is 5.32 Å². The summed E-state index contributed by atoms with van der Waals surface area (Å²) in [7, 11) is -2.88. The Morgan fingerprint density at radius 2 is 2.08 bits per heavy atom. The van der Waals surface area contributed by atoms with Gasteiger partial charge in [0.15, 0.2) is 9.84 Å². The molecule has 74 valence electrons. The number of rotatable bonds is 1. The van der Waals surface area contributed by atoms with Gasteiger partial charge in [0.05, 0.1) is 11.5 Å². The fourth-order valence-corrected chi connectivity index (χ4v) is 3.10. The quantitative estimate of drug-likeness (QED) is 0.569. The van der Waals surface area contributed by atoms with E-state index >= 15 is 0 Å². The highest BCUT2D eigenvalue weighted by molar-refractivity contribution is 7.91. The Hall–Kier alpha value is -0.780. The Morgan fingerprint density at radius 1 is 1.38 bits per heavy atom. The number of sulfone groups is 1. The van der Waals surface area contributed by atoms with Crippen molar-refractivity contribution >= 4 is 15.9 Å². The number of urea groups is 1. The lowest BCUT2D eigenvalue weighted by Crippen LogP contribution is -2.38. The molecule has 2 fully saturated rings. The van der Waals surface area contributed by atoms with Crippen molar-refractivity contribution in [2.45, 2.75) is 12.5 Å². The molecule has 0 spiro atoms. The molecule has 0 aromatic heterocycles. The van der Waals surface area contributed by atoms with Gasteiger partial charge in [0, 0.05) is 19.1 Å². The molecule has 5 nitrogen and oxygen atoms in total. The van der Waals surface area contributed by atoms with Gasteiger partial charge < -0.3 is 10.2 Å². The van der Waals surface area contributed by atoms with Gasteiger partial charge in [0.2, 0.25) is 0 Å². The van der Waals surface area contributed by atoms with Crippen LogP contribution >= 0.6 is 0 Å². The first-order valence-electron chi connectivity index (χ1n) is 4.33. The Labute approximate surface area is 77.0 Å². The van der Waals surface area contributed by atoms with Gasteiger partial charge in [-0.2, -0.15) is 0 Å². The minimum absolute atomic E-state index is 0.104. The SMILES string of the molecule is O=C(N[C@H]1CCS(=O)(=O)C1)N1CC1. The van der Waals surface area contributed by atoms with Gasteiger partial charge in [-0.3, -0.25) is 0 Å². The van der Waals surface area contributed by atoms with Crippen molar-refractivity contribution in [3.63, 3.8) is 0 Å². The van der Waals surface area contributed by atoms with E-state index in [4.69, 9.17) is 0 Å². The van der Waals surface area contributed by atoms with Crippen molar-refractivity contribution in [2.24, 2.45) is 0 Å². The summed E-state index contributed by atoms with van der Waals surface area (Å²) in [6.07, 6.45) is 0.557. The van der Waals surface area contributed by atoms with Crippen molar-refractivity contribution < 1.29 is 13.2 Å². The first-order valence-corrected chi connectivity index (χ1v) is 6.15. The van der Waals surface area contributed by atoms with Crippen LogP contribution in [0.5, 0.6) is 0 Å². The average Bonchev–Trinajstić information content (AvgIpc) is 2.78. The molecule has 2 aliphatic rings. The van der Waals surface area contributed by atoms with Gasteiger partial charge in [-0.05, 0) is 6.42 Å². The smallest absolute Gasteiger partial charge is 0.317 e. The van der Waals surface area contributed by atoms with Crippen molar-refractivity contribution in [1.82, 2.24) is 10.2 Å². The molecule has 0 saturated carbocycles. The molecule has 0 aromatic carbocycles. The molecular weight excluding hydrogens is 192 g/mol. The van der Waals surface area contributed by atoms with E-state index in [1.54, 1.807) is 4.90 Å². The lowest BCUT2D eigenvalue weighted by Gasteiger charge is -2.10. The average molecular weight is 204 g/mol. The van der Waals surface area contributed by atoms with Crippen LogP contribution in [0.1, 0.15) is 6.42 Å². The summed E-state index contributed by atoms with van der Waals surface area (Å²) in [6.45, 7) is 1.59. The number of nitrogens with one attached hydrogen (secondary N) is 1. The van der Waals surface area contributed by atoms with E-state index in [0.29, 0.717) is 6.42 Å². The van der Waals surface area contributed by atoms with Crippen molar-refractivity contribution in [2.75, 3.05) is 24.6 Å². The second kappa shape index (κ2) is 2.87. The van der Waals surface area contributed by atoms with Gasteiger partial charge in [-0.25, -0.2) is 13.2 Å². The first kappa shape index (κ1) is 8.80. The predicted molar refractivity (Wildman–Crippen MR) is 47.2 cm³/mol. The van der Waals surface area contributed by atoms with E-state index in [0.717, 1.165) is 13.1 Å². The van der Waals surface area contributed by atoms with Crippen molar-refractivity contribution in [1.29, 1.82) is 0 Å². The molecule has 0 bridgehead atoms. The maximum atomic E-state index is 11.2. The fourth-order valence-electron chi connectivity index (χ4n) is 1.43. The summed E-state index contributed by atoms with van der Waals surface area (Å²) in [5, 5.41) is 2.70. The zero-order valence-corrected chi connectivity index (χ0v) is 8.01. The third kappa shape index (κ3) is 2.12. The van der Waals surface area contributed by atoms with Crippen LogP contribution in [0, 0.1) is 0 Å². The minimum Gasteiger partial charge on any atom is -0.334 e. The summed E-state index contributed by atoms with van der Waals surface area (Å²) in [5.74, 6) is 0.310. The zero-order chi connectivity index (χ0) is 9.47. The maximum absolute atomic E-state index is 11.2. The minimum atomic E-state index is -2.88. The van der Waals surface area contributed by atoms with E-state index < -0.39 is 9.84 Å². The molecule has 2 saturated heterocycles. The third-order valence-electron chi connectivity index (χ3n) is 2.29. The van der Waals surface area contributed by atoms with E-state index in [-0.39, 0.29) is 23.6 Å². The van der Waals surface area contributed by atoms with Crippen LogP contribution in [0.4, 0.5) is 4.79 Å². The summed E-state index contributed by atoms with van der Waals surface area (Å²) in [5.41, 5.74) is 0. The summed E-state index contributed by atoms with van der Waals surface area (Å²) < 4.78 is 22.1. The third-order valence-corrected chi connectivity index (χ3v) is 4.06. The molecule has 6 heteroatoms. The van der Waals surface area contributed by atoms with Gasteiger partial charge in [0.25, 0.3) is 0 Å².